The van der Waals surface area contributed by atoms with Gasteiger partial charge in [0, 0.05) is 37.2 Å². The topological polar surface area (TPSA) is 51.7 Å². The maximum atomic E-state index is 12.8. The second-order valence-corrected chi connectivity index (χ2v) is 9.59. The number of nitrogens with zero attached hydrogens (tertiary/aromatic N) is 2. The molecule has 0 aliphatic carbocycles. The van der Waals surface area contributed by atoms with Crippen LogP contribution in [0.1, 0.15) is 28.8 Å². The van der Waals surface area contributed by atoms with Crippen molar-refractivity contribution < 1.29 is 14.3 Å². The number of hydrogen-bond acceptors (Lipinski definition) is 6. The van der Waals surface area contributed by atoms with Gasteiger partial charge in [-0.05, 0) is 29.8 Å². The second kappa shape index (κ2) is 8.07. The average Bonchev–Trinajstić information content (AvgIpc) is 3.39. The molecule has 7 heteroatoms. The van der Waals surface area contributed by atoms with Crippen molar-refractivity contribution >= 4 is 39.2 Å². The van der Waals surface area contributed by atoms with Crippen LogP contribution >= 0.6 is 23.1 Å². The summed E-state index contributed by atoms with van der Waals surface area (Å²) >= 11 is 3.46. The normalized spacial score (nSPS) is 18.6. The van der Waals surface area contributed by atoms with Crippen LogP contribution in [0.15, 0.2) is 52.9 Å². The van der Waals surface area contributed by atoms with E-state index >= 15 is 0 Å². The average molecular weight is 427 g/mol. The van der Waals surface area contributed by atoms with E-state index < -0.39 is 5.79 Å². The highest BCUT2D eigenvalue weighted by Crippen LogP contribution is 2.33. The molecule has 5 nitrogen and oxygen atoms in total. The number of fused-ring (bicyclic) bond motifs is 1. The molecule has 2 aliphatic heterocycles. The Kier molecular flexibility index (Phi) is 5.30. The molecule has 2 saturated heterocycles. The zero-order valence-corrected chi connectivity index (χ0v) is 17.6. The van der Waals surface area contributed by atoms with Gasteiger partial charge in [0.15, 0.2) is 10.1 Å². The molecule has 1 amide bonds. The molecule has 0 saturated carbocycles. The summed E-state index contributed by atoms with van der Waals surface area (Å²) in [4.78, 5) is 19.4. The first-order valence-electron chi connectivity index (χ1n) is 9.85. The lowest BCUT2D eigenvalue weighted by Gasteiger charge is -2.37. The molecule has 0 atom stereocenters. The van der Waals surface area contributed by atoms with E-state index in [1.807, 2.05) is 47.4 Å². The number of piperidine rings is 1. The van der Waals surface area contributed by atoms with E-state index in [9.17, 15) is 4.79 Å². The second-order valence-electron chi connectivity index (χ2n) is 7.33. The predicted molar refractivity (Wildman–Crippen MR) is 115 cm³/mol. The Bertz CT molecular complexity index is 969. The van der Waals surface area contributed by atoms with E-state index in [1.165, 1.54) is 10.3 Å². The molecule has 0 unspecified atom stereocenters. The number of aromatic nitrogens is 1. The zero-order chi connectivity index (χ0) is 19.7. The minimum atomic E-state index is -0.446. The Morgan fingerprint density at radius 3 is 2.52 bits per heavy atom. The minimum Gasteiger partial charge on any atom is -0.347 e. The van der Waals surface area contributed by atoms with Gasteiger partial charge in [0.25, 0.3) is 5.91 Å². The standard InChI is InChI=1S/C22H22N2O3S2/c25-20(24-11-9-22(10-12-24)26-13-14-27-22)17-7-5-16(6-8-17)15-28-21-23-18-3-1-2-4-19(18)29-21/h1-8H,9-15H2. The quantitative estimate of drug-likeness (QED) is 0.572. The van der Waals surface area contributed by atoms with Crippen molar-refractivity contribution in [2.75, 3.05) is 26.3 Å². The summed E-state index contributed by atoms with van der Waals surface area (Å²) in [5.74, 6) is 0.483. The lowest BCUT2D eigenvalue weighted by molar-refractivity contribution is -0.181. The summed E-state index contributed by atoms with van der Waals surface area (Å²) < 4.78 is 13.8. The number of rotatable bonds is 4. The third-order valence-electron chi connectivity index (χ3n) is 5.46. The Labute approximate surface area is 178 Å². The molecule has 2 aliphatic rings. The SMILES string of the molecule is O=C(c1ccc(CSc2nc3ccccc3s2)cc1)N1CCC2(CC1)OCCO2. The van der Waals surface area contributed by atoms with Crippen LogP contribution < -0.4 is 0 Å². The number of para-hydroxylation sites is 1. The lowest BCUT2D eigenvalue weighted by atomic mass is 10.0. The molecule has 0 N–H and O–H groups in total. The van der Waals surface area contributed by atoms with Crippen LogP contribution in [0.5, 0.6) is 0 Å². The smallest absolute Gasteiger partial charge is 0.253 e. The van der Waals surface area contributed by atoms with Gasteiger partial charge < -0.3 is 14.4 Å². The van der Waals surface area contributed by atoms with Crippen molar-refractivity contribution in [1.29, 1.82) is 0 Å². The Hall–Kier alpha value is -1.93. The van der Waals surface area contributed by atoms with Gasteiger partial charge in [0.2, 0.25) is 0 Å². The number of benzene rings is 2. The highest BCUT2D eigenvalue weighted by molar-refractivity contribution is 8.00. The third kappa shape index (κ3) is 4.05. The van der Waals surface area contributed by atoms with Gasteiger partial charge in [-0.15, -0.1) is 11.3 Å². The molecule has 2 fully saturated rings. The van der Waals surface area contributed by atoms with E-state index in [0.717, 1.165) is 34.0 Å². The lowest BCUT2D eigenvalue weighted by Crippen LogP contribution is -2.47. The fourth-order valence-electron chi connectivity index (χ4n) is 3.82. The number of carbonyl (C=O) groups excluding carboxylic acids is 1. The van der Waals surface area contributed by atoms with Gasteiger partial charge in [0.1, 0.15) is 0 Å². The fraction of sp³-hybridized carbons (Fsp3) is 0.364. The van der Waals surface area contributed by atoms with Crippen molar-refractivity contribution in [2.45, 2.75) is 28.7 Å². The first-order chi connectivity index (χ1) is 14.2. The van der Waals surface area contributed by atoms with Crippen LogP contribution in [0, 0.1) is 0 Å². The minimum absolute atomic E-state index is 0.0863. The molecule has 1 aromatic heterocycles. The first kappa shape index (κ1) is 19.1. The van der Waals surface area contributed by atoms with E-state index in [-0.39, 0.29) is 5.91 Å². The number of amides is 1. The van der Waals surface area contributed by atoms with Gasteiger partial charge in [0.05, 0.1) is 23.4 Å². The summed E-state index contributed by atoms with van der Waals surface area (Å²) in [5, 5.41) is 0. The summed E-state index contributed by atoms with van der Waals surface area (Å²) in [6.07, 6.45) is 1.49. The van der Waals surface area contributed by atoms with Gasteiger partial charge in [-0.2, -0.15) is 0 Å². The van der Waals surface area contributed by atoms with Crippen molar-refractivity contribution in [1.82, 2.24) is 9.88 Å². The number of ether oxygens (including phenoxy) is 2. The fourth-order valence-corrected chi connectivity index (χ4v) is 5.84. The van der Waals surface area contributed by atoms with E-state index in [1.54, 1.807) is 23.1 Å². The van der Waals surface area contributed by atoms with E-state index in [2.05, 4.69) is 11.1 Å². The maximum Gasteiger partial charge on any atom is 0.253 e. The van der Waals surface area contributed by atoms with Gasteiger partial charge >= 0.3 is 0 Å². The number of hydrogen-bond donors (Lipinski definition) is 0. The maximum absolute atomic E-state index is 12.8. The van der Waals surface area contributed by atoms with Crippen LogP contribution in [-0.2, 0) is 15.2 Å². The highest BCUT2D eigenvalue weighted by Gasteiger charge is 2.40. The van der Waals surface area contributed by atoms with Crippen molar-refractivity contribution in [3.8, 4) is 0 Å². The van der Waals surface area contributed by atoms with Crippen molar-refractivity contribution in [3.63, 3.8) is 0 Å². The van der Waals surface area contributed by atoms with Crippen molar-refractivity contribution in [2.24, 2.45) is 0 Å². The molecule has 2 aromatic carbocycles. The monoisotopic (exact) mass is 426 g/mol. The first-order valence-corrected chi connectivity index (χ1v) is 11.7. The molecule has 3 aromatic rings. The summed E-state index contributed by atoms with van der Waals surface area (Å²) in [6, 6.07) is 16.2. The van der Waals surface area contributed by atoms with Crippen LogP contribution in [0.2, 0.25) is 0 Å². The van der Waals surface area contributed by atoms with Gasteiger partial charge in [-0.3, -0.25) is 4.79 Å². The highest BCUT2D eigenvalue weighted by atomic mass is 32.2. The number of thiazole rings is 1. The molecule has 5 rings (SSSR count). The van der Waals surface area contributed by atoms with E-state index in [0.29, 0.717) is 26.3 Å². The zero-order valence-electron chi connectivity index (χ0n) is 16.0. The molecule has 1 spiro atoms. The van der Waals surface area contributed by atoms with Crippen LogP contribution in [0.25, 0.3) is 10.2 Å². The largest absolute Gasteiger partial charge is 0.347 e. The Balaban J connectivity index is 1.18. The summed E-state index contributed by atoms with van der Waals surface area (Å²) in [7, 11) is 0. The molecular weight excluding hydrogens is 404 g/mol. The molecule has 29 heavy (non-hydrogen) atoms. The Morgan fingerprint density at radius 2 is 1.79 bits per heavy atom. The van der Waals surface area contributed by atoms with Crippen LogP contribution in [0.4, 0.5) is 0 Å². The number of thioether (sulfide) groups is 1. The van der Waals surface area contributed by atoms with E-state index in [4.69, 9.17) is 9.47 Å². The molecule has 0 bridgehead atoms. The molecule has 3 heterocycles. The number of carbonyl (C=O) groups is 1. The molecule has 150 valence electrons. The predicted octanol–water partition coefficient (Wildman–Crippen LogP) is 4.57. The molecule has 0 radical (unpaired) electrons. The molecular formula is C22H22N2O3S2. The summed E-state index contributed by atoms with van der Waals surface area (Å²) in [6.45, 7) is 2.66. The number of likely N-dealkylation sites (tertiary alicyclic amines) is 1. The Morgan fingerprint density at radius 1 is 1.07 bits per heavy atom. The third-order valence-corrected chi connectivity index (χ3v) is 7.71. The van der Waals surface area contributed by atoms with Crippen molar-refractivity contribution in [3.05, 3.63) is 59.7 Å². The van der Waals surface area contributed by atoms with Gasteiger partial charge in [-0.25, -0.2) is 4.98 Å². The summed E-state index contributed by atoms with van der Waals surface area (Å²) in [5.41, 5.74) is 2.98. The van der Waals surface area contributed by atoms with Gasteiger partial charge in [-0.1, -0.05) is 36.0 Å². The van der Waals surface area contributed by atoms with Crippen LogP contribution in [-0.4, -0.2) is 47.9 Å². The van der Waals surface area contributed by atoms with Crippen LogP contribution in [0.3, 0.4) is 0 Å².